The second kappa shape index (κ2) is 6.12. The normalized spacial score (nSPS) is 33.8. The standard InChI is InChI=1S/C26H29NO3/c1-25(2,15-16-6-4-3-5-7-16)27-13-12-26-18-9-11-21(29)24(26)30-23-20(28)10-8-17(22(23)26)14-19(18)27/h3-11,18-19,21,24,28-29H,12-15H2,1-2H3/t18-,19+,21-,24-,26-/m0/s1. The lowest BCUT2D eigenvalue weighted by Crippen LogP contribution is -2.68. The number of piperidine rings is 1. The quantitative estimate of drug-likeness (QED) is 0.769. The Hall–Kier alpha value is -2.30. The number of rotatable bonds is 3. The summed E-state index contributed by atoms with van der Waals surface area (Å²) in [6.07, 6.45) is 6.10. The lowest BCUT2D eigenvalue weighted by Gasteiger charge is -2.60. The summed E-state index contributed by atoms with van der Waals surface area (Å²) in [5.74, 6) is 1.10. The Bertz CT molecular complexity index is 1030. The van der Waals surface area contributed by atoms with E-state index in [0.717, 1.165) is 31.4 Å². The smallest absolute Gasteiger partial charge is 0.165 e. The first-order chi connectivity index (χ1) is 14.4. The van der Waals surface area contributed by atoms with Gasteiger partial charge in [-0.05, 0) is 50.3 Å². The van der Waals surface area contributed by atoms with E-state index in [1.807, 2.05) is 6.08 Å². The molecule has 6 rings (SSSR count). The fourth-order valence-corrected chi connectivity index (χ4v) is 7.01. The maximum absolute atomic E-state index is 10.8. The second-order valence-corrected chi connectivity index (χ2v) is 10.1. The van der Waals surface area contributed by atoms with Crippen LogP contribution in [-0.2, 0) is 18.3 Å². The van der Waals surface area contributed by atoms with Gasteiger partial charge in [0.15, 0.2) is 11.5 Å². The average molecular weight is 404 g/mol. The molecule has 5 atom stereocenters. The van der Waals surface area contributed by atoms with Crippen LogP contribution in [0.3, 0.4) is 0 Å². The molecule has 4 heteroatoms. The Labute approximate surface area is 177 Å². The molecule has 2 aliphatic carbocycles. The van der Waals surface area contributed by atoms with Gasteiger partial charge in [-0.15, -0.1) is 0 Å². The molecule has 1 saturated heterocycles. The fraction of sp³-hybridized carbons (Fsp3) is 0.462. The van der Waals surface area contributed by atoms with Crippen LogP contribution >= 0.6 is 0 Å². The predicted octanol–water partition coefficient (Wildman–Crippen LogP) is 3.59. The van der Waals surface area contributed by atoms with Gasteiger partial charge in [-0.1, -0.05) is 48.6 Å². The largest absolute Gasteiger partial charge is 0.504 e. The first kappa shape index (κ1) is 18.5. The number of nitrogens with zero attached hydrogens (tertiary/aromatic N) is 1. The van der Waals surface area contributed by atoms with E-state index in [0.29, 0.717) is 11.8 Å². The van der Waals surface area contributed by atoms with Crippen LogP contribution in [0.4, 0.5) is 0 Å². The number of benzene rings is 2. The summed E-state index contributed by atoms with van der Waals surface area (Å²) in [5, 5.41) is 21.3. The number of likely N-dealkylation sites (tertiary alicyclic amines) is 1. The van der Waals surface area contributed by atoms with Crippen molar-refractivity contribution >= 4 is 0 Å². The van der Waals surface area contributed by atoms with Crippen molar-refractivity contribution in [3.05, 3.63) is 71.3 Å². The number of aliphatic hydroxyl groups is 1. The molecular formula is C26H29NO3. The molecule has 156 valence electrons. The van der Waals surface area contributed by atoms with Gasteiger partial charge in [-0.3, -0.25) is 4.90 Å². The number of hydrogen-bond acceptors (Lipinski definition) is 4. The van der Waals surface area contributed by atoms with E-state index in [2.05, 4.69) is 61.2 Å². The number of hydrogen-bond donors (Lipinski definition) is 2. The molecule has 0 unspecified atom stereocenters. The molecule has 2 heterocycles. The molecule has 0 amide bonds. The topological polar surface area (TPSA) is 52.9 Å². The van der Waals surface area contributed by atoms with Crippen molar-refractivity contribution in [2.75, 3.05) is 6.54 Å². The molecule has 30 heavy (non-hydrogen) atoms. The number of ether oxygens (including phenoxy) is 1. The molecular weight excluding hydrogens is 374 g/mol. The van der Waals surface area contributed by atoms with Crippen LogP contribution in [-0.4, -0.2) is 45.4 Å². The van der Waals surface area contributed by atoms with Crippen LogP contribution in [0.1, 0.15) is 37.0 Å². The third-order valence-electron chi connectivity index (χ3n) is 8.13. The molecule has 4 nitrogen and oxygen atoms in total. The monoisotopic (exact) mass is 403 g/mol. The van der Waals surface area contributed by atoms with Crippen LogP contribution in [0.15, 0.2) is 54.6 Å². The molecule has 0 saturated carbocycles. The van der Waals surface area contributed by atoms with E-state index in [1.165, 1.54) is 11.1 Å². The first-order valence-corrected chi connectivity index (χ1v) is 11.1. The van der Waals surface area contributed by atoms with E-state index in [-0.39, 0.29) is 28.7 Å². The van der Waals surface area contributed by atoms with Crippen molar-refractivity contribution in [2.45, 2.75) is 62.3 Å². The number of aliphatic hydroxyl groups excluding tert-OH is 1. The molecule has 2 aromatic rings. The van der Waals surface area contributed by atoms with E-state index in [9.17, 15) is 10.2 Å². The zero-order valence-corrected chi connectivity index (χ0v) is 17.6. The maximum Gasteiger partial charge on any atom is 0.165 e. The molecule has 1 fully saturated rings. The van der Waals surface area contributed by atoms with Gasteiger partial charge in [0.25, 0.3) is 0 Å². The van der Waals surface area contributed by atoms with Gasteiger partial charge in [0.05, 0.1) is 0 Å². The first-order valence-electron chi connectivity index (χ1n) is 11.1. The van der Waals surface area contributed by atoms with Crippen LogP contribution in [0.5, 0.6) is 11.5 Å². The van der Waals surface area contributed by atoms with Crippen LogP contribution < -0.4 is 4.74 Å². The van der Waals surface area contributed by atoms with E-state index >= 15 is 0 Å². The van der Waals surface area contributed by atoms with Gasteiger partial charge < -0.3 is 14.9 Å². The van der Waals surface area contributed by atoms with Crippen molar-refractivity contribution in [3.63, 3.8) is 0 Å². The van der Waals surface area contributed by atoms with E-state index in [1.54, 1.807) is 6.07 Å². The Balaban J connectivity index is 1.45. The van der Waals surface area contributed by atoms with Gasteiger partial charge in [-0.2, -0.15) is 0 Å². The minimum Gasteiger partial charge on any atom is -0.504 e. The Morgan fingerprint density at radius 2 is 1.93 bits per heavy atom. The van der Waals surface area contributed by atoms with Crippen LogP contribution in [0, 0.1) is 5.92 Å². The lowest BCUT2D eigenvalue weighted by molar-refractivity contribution is -0.0783. The summed E-state index contributed by atoms with van der Waals surface area (Å²) in [7, 11) is 0. The van der Waals surface area contributed by atoms with Gasteiger partial charge in [-0.25, -0.2) is 0 Å². The molecule has 0 radical (unpaired) electrons. The molecule has 4 aliphatic rings. The molecule has 2 N–H and O–H groups in total. The molecule has 0 aromatic heterocycles. The highest BCUT2D eigenvalue weighted by molar-refractivity contribution is 5.61. The zero-order chi connectivity index (χ0) is 20.7. The summed E-state index contributed by atoms with van der Waals surface area (Å²) in [6, 6.07) is 14.9. The Morgan fingerprint density at radius 3 is 2.73 bits per heavy atom. The van der Waals surface area contributed by atoms with Crippen LogP contribution in [0.25, 0.3) is 0 Å². The highest BCUT2D eigenvalue weighted by Crippen LogP contribution is 2.63. The van der Waals surface area contributed by atoms with E-state index < -0.39 is 6.10 Å². The molecule has 1 spiro atoms. The van der Waals surface area contributed by atoms with Gasteiger partial charge in [0.1, 0.15) is 12.2 Å². The zero-order valence-electron chi connectivity index (χ0n) is 17.6. The number of phenolic OH excluding ortho intramolecular Hbond substituents is 1. The number of phenols is 1. The highest BCUT2D eigenvalue weighted by Gasteiger charge is 2.65. The summed E-state index contributed by atoms with van der Waals surface area (Å²) in [4.78, 5) is 2.70. The summed E-state index contributed by atoms with van der Waals surface area (Å²) in [5.41, 5.74) is 3.58. The number of aromatic hydroxyl groups is 1. The highest BCUT2D eigenvalue weighted by atomic mass is 16.5. The summed E-state index contributed by atoms with van der Waals surface area (Å²) >= 11 is 0. The summed E-state index contributed by atoms with van der Waals surface area (Å²) < 4.78 is 6.27. The molecule has 2 aliphatic heterocycles. The van der Waals surface area contributed by atoms with Crippen molar-refractivity contribution in [2.24, 2.45) is 5.92 Å². The van der Waals surface area contributed by atoms with Gasteiger partial charge in [0, 0.05) is 35.0 Å². The SMILES string of the molecule is CC(C)(Cc1ccccc1)N1CC[C@]23c4c5ccc(O)c4O[C@H]2[C@@H](O)C=C[C@H]3[C@H]1C5. The fourth-order valence-electron chi connectivity index (χ4n) is 7.01. The lowest BCUT2D eigenvalue weighted by atomic mass is 9.53. The van der Waals surface area contributed by atoms with Crippen molar-refractivity contribution in [3.8, 4) is 11.5 Å². The second-order valence-electron chi connectivity index (χ2n) is 10.1. The van der Waals surface area contributed by atoms with Gasteiger partial charge in [0.2, 0.25) is 0 Å². The minimum atomic E-state index is -0.636. The van der Waals surface area contributed by atoms with Crippen molar-refractivity contribution in [1.29, 1.82) is 0 Å². The minimum absolute atomic E-state index is 0.0176. The molecule has 2 aromatic carbocycles. The maximum atomic E-state index is 10.8. The third kappa shape index (κ3) is 2.29. The Morgan fingerprint density at radius 1 is 1.13 bits per heavy atom. The van der Waals surface area contributed by atoms with Crippen molar-refractivity contribution < 1.29 is 14.9 Å². The third-order valence-corrected chi connectivity index (χ3v) is 8.13. The van der Waals surface area contributed by atoms with E-state index in [4.69, 9.17) is 4.74 Å². The van der Waals surface area contributed by atoms with Crippen LogP contribution in [0.2, 0.25) is 0 Å². The summed E-state index contributed by atoms with van der Waals surface area (Å²) in [6.45, 7) is 5.69. The van der Waals surface area contributed by atoms with Crippen molar-refractivity contribution in [1.82, 2.24) is 4.90 Å². The predicted molar refractivity (Wildman–Crippen MR) is 116 cm³/mol. The van der Waals surface area contributed by atoms with Gasteiger partial charge >= 0.3 is 0 Å². The Kier molecular flexibility index (Phi) is 3.76. The molecule has 2 bridgehead atoms. The average Bonchev–Trinajstić information content (AvgIpc) is 3.07.